The molecule has 0 fully saturated rings. The van der Waals surface area contributed by atoms with Gasteiger partial charge in [0.15, 0.2) is 12.3 Å². The summed E-state index contributed by atoms with van der Waals surface area (Å²) in [5.41, 5.74) is 1.30. The second-order valence-electron chi connectivity index (χ2n) is 5.64. The van der Waals surface area contributed by atoms with Crippen LogP contribution in [0.5, 0.6) is 5.75 Å². The quantitative estimate of drug-likeness (QED) is 0.359. The van der Waals surface area contributed by atoms with Crippen molar-refractivity contribution in [1.82, 2.24) is 0 Å². The Morgan fingerprint density at radius 2 is 1.86 bits per heavy atom. The van der Waals surface area contributed by atoms with Gasteiger partial charge in [-0.15, -0.1) is 0 Å². The highest BCUT2D eigenvalue weighted by Gasteiger charge is 2.25. The minimum absolute atomic E-state index is 0.119. The maximum atomic E-state index is 12.2. The number of aliphatic imine (C=N–C) groups is 1. The fourth-order valence-corrected chi connectivity index (χ4v) is 4.06. The molecule has 6 nitrogen and oxygen atoms in total. The largest absolute Gasteiger partial charge is 0.480 e. The van der Waals surface area contributed by atoms with Gasteiger partial charge in [0.25, 0.3) is 0 Å². The fraction of sp³-hybridized carbons (Fsp3) is 0.105. The molecule has 1 aliphatic heterocycles. The fourth-order valence-electron chi connectivity index (χ4n) is 2.31. The predicted molar refractivity (Wildman–Crippen MR) is 116 cm³/mol. The molecule has 1 heterocycles. The summed E-state index contributed by atoms with van der Waals surface area (Å²) in [5, 5.41) is 0.719. The van der Waals surface area contributed by atoms with Crippen LogP contribution in [-0.4, -0.2) is 31.6 Å². The Kier molecular flexibility index (Phi) is 7.00. The molecule has 150 valence electrons. The van der Waals surface area contributed by atoms with Crippen LogP contribution in [0.3, 0.4) is 0 Å². The summed E-state index contributed by atoms with van der Waals surface area (Å²) < 4.78 is 16.4. The van der Waals surface area contributed by atoms with E-state index in [1.165, 1.54) is 7.11 Å². The highest BCUT2D eigenvalue weighted by molar-refractivity contribution is 9.11. The summed E-state index contributed by atoms with van der Waals surface area (Å²) in [6.07, 6.45) is 1.56. The van der Waals surface area contributed by atoms with Crippen molar-refractivity contribution >= 4 is 79.0 Å². The smallest absolute Gasteiger partial charge is 0.363 e. The van der Waals surface area contributed by atoms with E-state index in [1.54, 1.807) is 36.4 Å². The van der Waals surface area contributed by atoms with Crippen molar-refractivity contribution in [2.24, 2.45) is 4.99 Å². The second-order valence-corrected chi connectivity index (χ2v) is 8.17. The zero-order valence-corrected chi connectivity index (χ0v) is 19.4. The van der Waals surface area contributed by atoms with Crippen LogP contribution >= 0.6 is 55.1 Å². The summed E-state index contributed by atoms with van der Waals surface area (Å²) in [4.78, 5) is 27.7. The number of hydrogen-bond acceptors (Lipinski definition) is 6. The number of rotatable bonds is 5. The van der Waals surface area contributed by atoms with Gasteiger partial charge in [0, 0.05) is 5.56 Å². The summed E-state index contributed by atoms with van der Waals surface area (Å²) in [6.45, 7) is -0.238. The Morgan fingerprint density at radius 3 is 2.48 bits per heavy atom. The molecular weight excluding hydrogens is 553 g/mol. The van der Waals surface area contributed by atoms with E-state index >= 15 is 0 Å². The van der Waals surface area contributed by atoms with Crippen molar-refractivity contribution in [3.05, 3.63) is 66.1 Å². The summed E-state index contributed by atoms with van der Waals surface area (Å²) >= 11 is 18.7. The highest BCUT2D eigenvalue weighted by Crippen LogP contribution is 2.36. The Balaban J connectivity index is 1.87. The standard InChI is InChI=1S/C19H11Br2Cl2NO5/c1-27-16(25)8-28-17-11(20)4-9(5-12(17)21)6-15-19(26)29-18(24-15)10-2-3-13(22)14(23)7-10/h2-7H,8H2,1H3/b15-6-. The van der Waals surface area contributed by atoms with E-state index in [9.17, 15) is 9.59 Å². The molecule has 0 spiro atoms. The molecule has 0 N–H and O–H groups in total. The first-order chi connectivity index (χ1) is 13.8. The predicted octanol–water partition coefficient (Wildman–Crippen LogP) is 5.41. The van der Waals surface area contributed by atoms with Crippen LogP contribution < -0.4 is 4.74 Å². The van der Waals surface area contributed by atoms with Crippen LogP contribution in [0.25, 0.3) is 6.08 Å². The minimum Gasteiger partial charge on any atom is -0.480 e. The molecule has 0 aromatic heterocycles. The third-order valence-corrected chi connectivity index (χ3v) is 5.59. The topological polar surface area (TPSA) is 74.2 Å². The number of benzene rings is 2. The zero-order chi connectivity index (χ0) is 21.1. The summed E-state index contributed by atoms with van der Waals surface area (Å²) in [5.74, 6) is -0.542. The number of methoxy groups -OCH3 is 1. The maximum absolute atomic E-state index is 12.2. The van der Waals surface area contributed by atoms with Gasteiger partial charge < -0.3 is 14.2 Å². The number of cyclic esters (lactones) is 1. The molecule has 0 amide bonds. The Morgan fingerprint density at radius 1 is 1.17 bits per heavy atom. The zero-order valence-electron chi connectivity index (χ0n) is 14.7. The molecule has 3 rings (SSSR count). The van der Waals surface area contributed by atoms with Crippen LogP contribution in [0, 0.1) is 0 Å². The molecule has 1 aliphatic rings. The van der Waals surface area contributed by atoms with Crippen molar-refractivity contribution in [3.8, 4) is 5.75 Å². The van der Waals surface area contributed by atoms with E-state index in [4.69, 9.17) is 32.7 Å². The van der Waals surface area contributed by atoms with E-state index < -0.39 is 11.9 Å². The number of nitrogens with zero attached hydrogens (tertiary/aromatic N) is 1. The molecule has 29 heavy (non-hydrogen) atoms. The first-order valence-corrected chi connectivity index (χ1v) is 10.3. The number of hydrogen-bond donors (Lipinski definition) is 0. The molecule has 2 aromatic rings. The summed E-state index contributed by atoms with van der Waals surface area (Å²) in [6, 6.07) is 8.25. The van der Waals surface area contributed by atoms with Gasteiger partial charge in [-0.1, -0.05) is 23.2 Å². The highest BCUT2D eigenvalue weighted by atomic mass is 79.9. The van der Waals surface area contributed by atoms with Crippen LogP contribution in [0.2, 0.25) is 10.0 Å². The normalized spacial score (nSPS) is 14.6. The van der Waals surface area contributed by atoms with Crippen LogP contribution in [0.4, 0.5) is 0 Å². The van der Waals surface area contributed by atoms with Gasteiger partial charge in [-0.2, -0.15) is 0 Å². The number of carbonyl (C=O) groups is 2. The molecule has 0 aliphatic carbocycles. The summed E-state index contributed by atoms with van der Waals surface area (Å²) in [7, 11) is 1.28. The molecule has 2 aromatic carbocycles. The van der Waals surface area contributed by atoms with Crippen LogP contribution in [0.1, 0.15) is 11.1 Å². The Labute approximate surface area is 192 Å². The monoisotopic (exact) mass is 561 g/mol. The van der Waals surface area contributed by atoms with Gasteiger partial charge in [-0.25, -0.2) is 14.6 Å². The third-order valence-electron chi connectivity index (χ3n) is 3.67. The van der Waals surface area contributed by atoms with Crippen LogP contribution in [0.15, 0.2) is 50.0 Å². The minimum atomic E-state index is -0.593. The van der Waals surface area contributed by atoms with Crippen LogP contribution in [-0.2, 0) is 19.1 Å². The van der Waals surface area contributed by atoms with Gasteiger partial charge in [-0.3, -0.25) is 0 Å². The van der Waals surface area contributed by atoms with E-state index in [-0.39, 0.29) is 18.2 Å². The van der Waals surface area contributed by atoms with Crippen molar-refractivity contribution in [1.29, 1.82) is 0 Å². The molecule has 0 saturated carbocycles. The first-order valence-electron chi connectivity index (χ1n) is 7.95. The van der Waals surface area contributed by atoms with E-state index in [1.807, 2.05) is 0 Å². The molecule has 0 radical (unpaired) electrons. The number of carbonyl (C=O) groups excluding carboxylic acids is 2. The average Bonchev–Trinajstić information content (AvgIpc) is 3.03. The van der Waals surface area contributed by atoms with Gasteiger partial charge in [0.05, 0.1) is 26.1 Å². The van der Waals surface area contributed by atoms with E-state index in [0.717, 1.165) is 0 Å². The number of esters is 2. The maximum Gasteiger partial charge on any atom is 0.363 e. The van der Waals surface area contributed by atoms with Crippen molar-refractivity contribution in [2.75, 3.05) is 13.7 Å². The lowest BCUT2D eigenvalue weighted by Gasteiger charge is -2.10. The average molecular weight is 564 g/mol. The molecule has 0 unspecified atom stereocenters. The van der Waals surface area contributed by atoms with Gasteiger partial charge in [0.1, 0.15) is 5.75 Å². The second kappa shape index (κ2) is 9.30. The van der Waals surface area contributed by atoms with E-state index in [0.29, 0.717) is 35.9 Å². The third kappa shape index (κ3) is 5.19. The van der Waals surface area contributed by atoms with Gasteiger partial charge in [0.2, 0.25) is 5.90 Å². The lowest BCUT2D eigenvalue weighted by Crippen LogP contribution is -2.13. The lowest BCUT2D eigenvalue weighted by atomic mass is 10.2. The van der Waals surface area contributed by atoms with Gasteiger partial charge in [-0.05, 0) is 73.8 Å². The Bertz CT molecular complexity index is 1050. The van der Waals surface area contributed by atoms with Crippen molar-refractivity contribution < 1.29 is 23.8 Å². The molecule has 0 bridgehead atoms. The molecule has 0 saturated heterocycles. The lowest BCUT2D eigenvalue weighted by molar-refractivity contribution is -0.143. The molecule has 0 atom stereocenters. The SMILES string of the molecule is COC(=O)COc1c(Br)cc(/C=C2\N=C(c3ccc(Cl)c(Cl)c3)OC2=O)cc1Br. The van der Waals surface area contributed by atoms with Gasteiger partial charge >= 0.3 is 11.9 Å². The molecule has 10 heteroatoms. The number of halogens is 4. The van der Waals surface area contributed by atoms with E-state index in [2.05, 4.69) is 41.6 Å². The molecular formula is C19H11Br2Cl2NO5. The first kappa shape index (κ1) is 21.8. The van der Waals surface area contributed by atoms with Crippen molar-refractivity contribution in [2.45, 2.75) is 0 Å². The van der Waals surface area contributed by atoms with Crippen molar-refractivity contribution in [3.63, 3.8) is 0 Å². The number of ether oxygens (including phenoxy) is 3. The Hall–Kier alpha value is -1.87.